The summed E-state index contributed by atoms with van der Waals surface area (Å²) in [5.41, 5.74) is 0. The summed E-state index contributed by atoms with van der Waals surface area (Å²) in [6.45, 7) is 1.82. The van der Waals surface area contributed by atoms with Crippen LogP contribution < -0.4 is 0 Å². The minimum absolute atomic E-state index is 0.0189. The number of sulfone groups is 1. The molecule has 0 heterocycles. The highest BCUT2D eigenvalue weighted by atomic mass is 32.2. The predicted molar refractivity (Wildman–Crippen MR) is 60.5 cm³/mol. The lowest BCUT2D eigenvalue weighted by Gasteiger charge is -2.19. The van der Waals surface area contributed by atoms with Crippen LogP contribution in [0.15, 0.2) is 0 Å². The van der Waals surface area contributed by atoms with Gasteiger partial charge in [-0.1, -0.05) is 26.2 Å². The number of hydrogen-bond acceptors (Lipinski definition) is 3. The molecule has 0 unspecified atom stereocenters. The molecular weight excluding hydrogens is 212 g/mol. The third-order valence-electron chi connectivity index (χ3n) is 2.94. The second kappa shape index (κ2) is 5.64. The van der Waals surface area contributed by atoms with Crippen molar-refractivity contribution in [3.8, 4) is 0 Å². The average molecular weight is 232 g/mol. The van der Waals surface area contributed by atoms with Crippen molar-refractivity contribution in [3.05, 3.63) is 0 Å². The second-order valence-corrected chi connectivity index (χ2v) is 6.58. The van der Waals surface area contributed by atoms with Gasteiger partial charge in [0.2, 0.25) is 0 Å². The van der Waals surface area contributed by atoms with Gasteiger partial charge in [-0.3, -0.25) is 4.79 Å². The highest BCUT2D eigenvalue weighted by molar-refractivity contribution is 7.92. The lowest BCUT2D eigenvalue weighted by molar-refractivity contribution is -0.121. The first-order chi connectivity index (χ1) is 7.05. The van der Waals surface area contributed by atoms with Gasteiger partial charge in [0.25, 0.3) is 0 Å². The third-order valence-corrected chi connectivity index (χ3v) is 4.69. The summed E-state index contributed by atoms with van der Waals surface area (Å²) in [5.74, 6) is -0.120. The molecule has 0 aliphatic heterocycles. The zero-order chi connectivity index (χ0) is 11.3. The zero-order valence-electron chi connectivity index (χ0n) is 9.37. The van der Waals surface area contributed by atoms with Crippen LogP contribution in [-0.4, -0.2) is 25.7 Å². The maximum atomic E-state index is 11.7. The van der Waals surface area contributed by atoms with Gasteiger partial charge in [0.05, 0.1) is 5.75 Å². The van der Waals surface area contributed by atoms with E-state index in [1.807, 2.05) is 6.92 Å². The van der Waals surface area contributed by atoms with Gasteiger partial charge in [-0.2, -0.15) is 0 Å². The molecular formula is C11H20O3S. The Morgan fingerprint density at radius 3 is 2.33 bits per heavy atom. The molecule has 15 heavy (non-hydrogen) atoms. The molecule has 1 aliphatic rings. The fourth-order valence-corrected chi connectivity index (χ4v) is 3.58. The smallest absolute Gasteiger partial charge is 0.157 e. The maximum Gasteiger partial charge on any atom is 0.157 e. The van der Waals surface area contributed by atoms with Gasteiger partial charge in [0, 0.05) is 5.92 Å². The van der Waals surface area contributed by atoms with E-state index in [4.69, 9.17) is 0 Å². The molecule has 1 rings (SSSR count). The molecule has 0 bridgehead atoms. The van der Waals surface area contributed by atoms with Crippen LogP contribution in [0.2, 0.25) is 0 Å². The minimum atomic E-state index is -3.13. The van der Waals surface area contributed by atoms with Crippen LogP contribution in [0.3, 0.4) is 0 Å². The SMILES string of the molecule is CCCS(=O)(=O)CC(=O)C1CCCCC1. The monoisotopic (exact) mass is 232 g/mol. The first kappa shape index (κ1) is 12.7. The average Bonchev–Trinajstić information content (AvgIpc) is 2.18. The van der Waals surface area contributed by atoms with Crippen LogP contribution in [0.4, 0.5) is 0 Å². The predicted octanol–water partition coefficient (Wildman–Crippen LogP) is 1.96. The topological polar surface area (TPSA) is 51.2 Å². The molecule has 0 aromatic heterocycles. The van der Waals surface area contributed by atoms with Crippen LogP contribution in [0, 0.1) is 5.92 Å². The van der Waals surface area contributed by atoms with E-state index in [9.17, 15) is 13.2 Å². The first-order valence-corrected chi connectivity index (χ1v) is 7.60. The molecule has 0 spiro atoms. The quantitative estimate of drug-likeness (QED) is 0.728. The van der Waals surface area contributed by atoms with E-state index in [1.165, 1.54) is 6.42 Å². The Balaban J connectivity index is 2.47. The summed E-state index contributed by atoms with van der Waals surface area (Å²) in [4.78, 5) is 11.7. The van der Waals surface area contributed by atoms with Crippen molar-refractivity contribution >= 4 is 15.6 Å². The highest BCUT2D eigenvalue weighted by Crippen LogP contribution is 2.24. The molecule has 0 radical (unpaired) electrons. The summed E-state index contributed by atoms with van der Waals surface area (Å²) >= 11 is 0. The Morgan fingerprint density at radius 2 is 1.80 bits per heavy atom. The van der Waals surface area contributed by atoms with Crippen molar-refractivity contribution in [1.82, 2.24) is 0 Å². The number of Topliss-reactive ketones (excluding diaryl/α,β-unsaturated/α-hetero) is 1. The molecule has 0 aromatic carbocycles. The van der Waals surface area contributed by atoms with Crippen LogP contribution in [-0.2, 0) is 14.6 Å². The molecule has 0 aromatic rings. The molecule has 1 fully saturated rings. The lowest BCUT2D eigenvalue weighted by atomic mass is 9.87. The van der Waals surface area contributed by atoms with Crippen LogP contribution in [0.1, 0.15) is 45.4 Å². The van der Waals surface area contributed by atoms with Gasteiger partial charge in [-0.25, -0.2) is 8.42 Å². The molecule has 3 nitrogen and oxygen atoms in total. The molecule has 1 aliphatic carbocycles. The van der Waals surface area contributed by atoms with E-state index in [0.29, 0.717) is 6.42 Å². The summed E-state index contributed by atoms with van der Waals surface area (Å²) in [5, 5.41) is 0. The van der Waals surface area contributed by atoms with Gasteiger partial charge in [0.15, 0.2) is 15.6 Å². The summed E-state index contributed by atoms with van der Waals surface area (Å²) in [6, 6.07) is 0. The van der Waals surface area contributed by atoms with E-state index in [2.05, 4.69) is 0 Å². The number of rotatable bonds is 5. The van der Waals surface area contributed by atoms with E-state index >= 15 is 0 Å². The molecule has 0 atom stereocenters. The molecule has 0 amide bonds. The fraction of sp³-hybridized carbons (Fsp3) is 0.909. The van der Waals surface area contributed by atoms with E-state index < -0.39 is 9.84 Å². The molecule has 0 N–H and O–H groups in total. The van der Waals surface area contributed by atoms with Crippen LogP contribution in [0.5, 0.6) is 0 Å². The van der Waals surface area contributed by atoms with Gasteiger partial charge in [0.1, 0.15) is 5.75 Å². The normalized spacial score (nSPS) is 19.0. The Morgan fingerprint density at radius 1 is 1.20 bits per heavy atom. The second-order valence-electron chi connectivity index (χ2n) is 4.39. The lowest BCUT2D eigenvalue weighted by Crippen LogP contribution is -2.26. The van der Waals surface area contributed by atoms with Crippen molar-refractivity contribution in [1.29, 1.82) is 0 Å². The van der Waals surface area contributed by atoms with E-state index in [1.54, 1.807) is 0 Å². The summed E-state index contributed by atoms with van der Waals surface area (Å²) < 4.78 is 22.9. The van der Waals surface area contributed by atoms with Crippen LogP contribution in [0.25, 0.3) is 0 Å². The van der Waals surface area contributed by atoms with Crippen molar-refractivity contribution in [2.75, 3.05) is 11.5 Å². The van der Waals surface area contributed by atoms with Crippen molar-refractivity contribution in [2.45, 2.75) is 45.4 Å². The van der Waals surface area contributed by atoms with Gasteiger partial charge in [-0.05, 0) is 19.3 Å². The van der Waals surface area contributed by atoms with E-state index in [-0.39, 0.29) is 23.2 Å². The molecule has 1 saturated carbocycles. The van der Waals surface area contributed by atoms with Crippen molar-refractivity contribution in [2.24, 2.45) is 5.92 Å². The molecule has 88 valence electrons. The Kier molecular flexibility index (Phi) is 4.77. The largest absolute Gasteiger partial charge is 0.298 e. The summed E-state index contributed by atoms with van der Waals surface area (Å²) in [6.07, 6.45) is 5.71. The zero-order valence-corrected chi connectivity index (χ0v) is 10.2. The highest BCUT2D eigenvalue weighted by Gasteiger charge is 2.25. The minimum Gasteiger partial charge on any atom is -0.298 e. The molecule has 0 saturated heterocycles. The number of carbonyl (C=O) groups excluding carboxylic acids is 1. The standard InChI is InChI=1S/C11H20O3S/c1-2-8-15(13,14)9-11(12)10-6-4-3-5-7-10/h10H,2-9H2,1H3. The third kappa shape index (κ3) is 4.33. The number of carbonyl (C=O) groups is 1. The Hall–Kier alpha value is -0.380. The number of hydrogen-bond donors (Lipinski definition) is 0. The Labute approximate surface area is 92.2 Å². The van der Waals surface area contributed by atoms with Gasteiger partial charge in [-0.15, -0.1) is 0 Å². The maximum absolute atomic E-state index is 11.7. The van der Waals surface area contributed by atoms with Crippen molar-refractivity contribution in [3.63, 3.8) is 0 Å². The first-order valence-electron chi connectivity index (χ1n) is 5.78. The number of ketones is 1. The van der Waals surface area contributed by atoms with Gasteiger partial charge >= 0.3 is 0 Å². The van der Waals surface area contributed by atoms with Gasteiger partial charge < -0.3 is 0 Å². The summed E-state index contributed by atoms with van der Waals surface area (Å²) in [7, 11) is -3.13. The van der Waals surface area contributed by atoms with Crippen molar-refractivity contribution < 1.29 is 13.2 Å². The fourth-order valence-electron chi connectivity index (χ4n) is 2.14. The van der Waals surface area contributed by atoms with Crippen LogP contribution >= 0.6 is 0 Å². The molecule has 4 heteroatoms. The van der Waals surface area contributed by atoms with E-state index in [0.717, 1.165) is 25.7 Å². The Bertz CT molecular complexity index is 300.